The molecule has 2 heterocycles. The van der Waals surface area contributed by atoms with Gasteiger partial charge in [0.2, 0.25) is 0 Å². The van der Waals surface area contributed by atoms with Gasteiger partial charge in [-0.15, -0.1) is 0 Å². The van der Waals surface area contributed by atoms with E-state index < -0.39 is 10.2 Å². The summed E-state index contributed by atoms with van der Waals surface area (Å²) in [6.07, 6.45) is 3.17. The van der Waals surface area contributed by atoms with Gasteiger partial charge in [-0.2, -0.15) is 17.0 Å². The van der Waals surface area contributed by atoms with E-state index in [1.165, 1.54) is 0 Å². The third-order valence-electron chi connectivity index (χ3n) is 4.70. The fourth-order valence-corrected chi connectivity index (χ4v) is 5.07. The second kappa shape index (κ2) is 7.37. The van der Waals surface area contributed by atoms with Crippen molar-refractivity contribution >= 4 is 10.2 Å². The topological polar surface area (TPSA) is 55.9 Å². The van der Waals surface area contributed by atoms with Gasteiger partial charge in [0.05, 0.1) is 0 Å². The first-order chi connectivity index (χ1) is 9.93. The quantitative estimate of drug-likeness (QED) is 0.752. The molecule has 0 radical (unpaired) electrons. The number of hydrogen-bond donors (Lipinski definition) is 1. The van der Waals surface area contributed by atoms with E-state index in [1.807, 2.05) is 7.05 Å². The zero-order valence-electron chi connectivity index (χ0n) is 13.6. The molecule has 0 bridgehead atoms. The highest BCUT2D eigenvalue weighted by molar-refractivity contribution is 7.86. The van der Waals surface area contributed by atoms with Crippen LogP contribution in [0.25, 0.3) is 0 Å². The Labute approximate surface area is 129 Å². The summed E-state index contributed by atoms with van der Waals surface area (Å²) in [6.45, 7) is 4.92. The van der Waals surface area contributed by atoms with E-state index in [-0.39, 0.29) is 0 Å². The smallest absolute Gasteiger partial charge is 0.281 e. The van der Waals surface area contributed by atoms with Crippen LogP contribution in [-0.2, 0) is 10.2 Å². The number of hydrogen-bond acceptors (Lipinski definition) is 4. The highest BCUT2D eigenvalue weighted by atomic mass is 32.2. The first kappa shape index (κ1) is 17.1. The van der Waals surface area contributed by atoms with Crippen LogP contribution in [0.2, 0.25) is 0 Å². The van der Waals surface area contributed by atoms with E-state index >= 15 is 0 Å². The molecule has 2 fully saturated rings. The van der Waals surface area contributed by atoms with E-state index in [1.54, 1.807) is 15.7 Å². The molecule has 2 aliphatic rings. The molecule has 21 heavy (non-hydrogen) atoms. The Bertz CT molecular complexity index is 427. The van der Waals surface area contributed by atoms with Crippen molar-refractivity contribution in [2.45, 2.75) is 19.3 Å². The SMILES string of the molecule is CNCC1CCCN(S(=O)(=O)N(C)CC2CCN(C)C2)C1. The molecule has 1 N–H and O–H groups in total. The van der Waals surface area contributed by atoms with Crippen molar-refractivity contribution in [1.29, 1.82) is 0 Å². The van der Waals surface area contributed by atoms with Gasteiger partial charge >= 0.3 is 0 Å². The minimum absolute atomic E-state index is 0.435. The Balaban J connectivity index is 1.93. The maximum atomic E-state index is 12.7. The van der Waals surface area contributed by atoms with E-state index in [0.717, 1.165) is 38.9 Å². The molecule has 2 saturated heterocycles. The number of likely N-dealkylation sites (tertiary alicyclic amines) is 1. The molecule has 0 aromatic carbocycles. The number of nitrogens with one attached hydrogen (secondary N) is 1. The van der Waals surface area contributed by atoms with Crippen molar-refractivity contribution < 1.29 is 8.42 Å². The highest BCUT2D eigenvalue weighted by Crippen LogP contribution is 2.22. The zero-order chi connectivity index (χ0) is 15.5. The summed E-state index contributed by atoms with van der Waals surface area (Å²) < 4.78 is 28.7. The summed E-state index contributed by atoms with van der Waals surface area (Å²) >= 11 is 0. The summed E-state index contributed by atoms with van der Waals surface area (Å²) in [5.41, 5.74) is 0. The third kappa shape index (κ3) is 4.39. The molecule has 0 aromatic rings. The molecule has 0 saturated carbocycles. The van der Waals surface area contributed by atoms with E-state index in [0.29, 0.717) is 31.5 Å². The molecule has 6 nitrogen and oxygen atoms in total. The fourth-order valence-electron chi connectivity index (χ4n) is 3.52. The van der Waals surface area contributed by atoms with Gasteiger partial charge in [-0.05, 0) is 58.3 Å². The standard InChI is InChI=1S/C14H30N4O2S/c1-15-9-13-5-4-7-18(12-13)21(19,20)17(3)11-14-6-8-16(2)10-14/h13-15H,4-12H2,1-3H3. The molecular weight excluding hydrogens is 288 g/mol. The van der Waals surface area contributed by atoms with E-state index in [9.17, 15) is 8.42 Å². The number of rotatable bonds is 6. The lowest BCUT2D eigenvalue weighted by atomic mass is 10.00. The van der Waals surface area contributed by atoms with Gasteiger partial charge in [-0.3, -0.25) is 0 Å². The van der Waals surface area contributed by atoms with E-state index in [2.05, 4.69) is 17.3 Å². The molecule has 0 aromatic heterocycles. The van der Waals surface area contributed by atoms with Crippen LogP contribution in [0.1, 0.15) is 19.3 Å². The summed E-state index contributed by atoms with van der Waals surface area (Å²) in [6, 6.07) is 0. The number of piperidine rings is 1. The zero-order valence-corrected chi connectivity index (χ0v) is 14.4. The second-order valence-corrected chi connectivity index (χ2v) is 8.66. The van der Waals surface area contributed by atoms with Crippen LogP contribution in [0.3, 0.4) is 0 Å². The minimum atomic E-state index is -3.30. The second-order valence-electron chi connectivity index (χ2n) is 6.63. The normalized spacial score (nSPS) is 29.3. The van der Waals surface area contributed by atoms with Gasteiger partial charge in [0.1, 0.15) is 0 Å². The Morgan fingerprint density at radius 3 is 2.57 bits per heavy atom. The van der Waals surface area contributed by atoms with Crippen LogP contribution in [-0.4, -0.2) is 82.3 Å². The van der Waals surface area contributed by atoms with Crippen LogP contribution in [0.4, 0.5) is 0 Å². The van der Waals surface area contributed by atoms with Crippen molar-refractivity contribution in [3.05, 3.63) is 0 Å². The van der Waals surface area contributed by atoms with Crippen molar-refractivity contribution in [3.63, 3.8) is 0 Å². The van der Waals surface area contributed by atoms with Crippen LogP contribution in [0.15, 0.2) is 0 Å². The van der Waals surface area contributed by atoms with Crippen LogP contribution in [0, 0.1) is 11.8 Å². The third-order valence-corrected chi connectivity index (χ3v) is 6.62. The summed E-state index contributed by atoms with van der Waals surface area (Å²) in [5.74, 6) is 0.900. The Hall–Kier alpha value is -0.210. The van der Waals surface area contributed by atoms with Gasteiger partial charge in [0.15, 0.2) is 0 Å². The molecule has 2 unspecified atom stereocenters. The van der Waals surface area contributed by atoms with Crippen LogP contribution >= 0.6 is 0 Å². The molecule has 2 aliphatic heterocycles. The summed E-state index contributed by atoms with van der Waals surface area (Å²) in [7, 11) is 2.46. The Morgan fingerprint density at radius 2 is 1.95 bits per heavy atom. The molecule has 0 aliphatic carbocycles. The van der Waals surface area contributed by atoms with Gasteiger partial charge in [0.25, 0.3) is 10.2 Å². The molecule has 7 heteroatoms. The molecule has 2 atom stereocenters. The first-order valence-corrected chi connectivity index (χ1v) is 9.37. The van der Waals surface area contributed by atoms with Gasteiger partial charge in [-0.1, -0.05) is 0 Å². The average molecular weight is 318 g/mol. The molecule has 124 valence electrons. The van der Waals surface area contributed by atoms with Gasteiger partial charge in [-0.25, -0.2) is 0 Å². The van der Waals surface area contributed by atoms with Crippen molar-refractivity contribution in [1.82, 2.24) is 18.8 Å². The molecule has 0 spiro atoms. The largest absolute Gasteiger partial charge is 0.319 e. The predicted molar refractivity (Wildman–Crippen MR) is 85.4 cm³/mol. The van der Waals surface area contributed by atoms with Crippen molar-refractivity contribution in [2.24, 2.45) is 11.8 Å². The van der Waals surface area contributed by atoms with Crippen LogP contribution in [0.5, 0.6) is 0 Å². The first-order valence-electron chi connectivity index (χ1n) is 7.98. The van der Waals surface area contributed by atoms with E-state index in [4.69, 9.17) is 0 Å². The lowest BCUT2D eigenvalue weighted by molar-refractivity contribution is 0.244. The Morgan fingerprint density at radius 1 is 1.19 bits per heavy atom. The highest BCUT2D eigenvalue weighted by Gasteiger charge is 2.33. The average Bonchev–Trinajstić information content (AvgIpc) is 2.85. The molecular formula is C14H30N4O2S. The minimum Gasteiger partial charge on any atom is -0.319 e. The lowest BCUT2D eigenvalue weighted by Crippen LogP contribution is -2.49. The van der Waals surface area contributed by atoms with Crippen molar-refractivity contribution in [2.75, 3.05) is 60.4 Å². The van der Waals surface area contributed by atoms with Gasteiger partial charge in [0, 0.05) is 33.2 Å². The summed E-state index contributed by atoms with van der Waals surface area (Å²) in [5, 5.41) is 3.16. The van der Waals surface area contributed by atoms with Gasteiger partial charge < -0.3 is 10.2 Å². The summed E-state index contributed by atoms with van der Waals surface area (Å²) in [4.78, 5) is 2.27. The monoisotopic (exact) mass is 318 g/mol. The number of nitrogens with zero attached hydrogens (tertiary/aromatic N) is 3. The maximum absolute atomic E-state index is 12.7. The van der Waals surface area contributed by atoms with Crippen molar-refractivity contribution in [3.8, 4) is 0 Å². The lowest BCUT2D eigenvalue weighted by Gasteiger charge is -2.35. The molecule has 2 rings (SSSR count). The molecule has 0 amide bonds. The van der Waals surface area contributed by atoms with Crippen LogP contribution < -0.4 is 5.32 Å². The Kier molecular flexibility index (Phi) is 6.02. The predicted octanol–water partition coefficient (Wildman–Crippen LogP) is 0.0461. The maximum Gasteiger partial charge on any atom is 0.281 e. The fraction of sp³-hybridized carbons (Fsp3) is 1.00.